The lowest BCUT2D eigenvalue weighted by molar-refractivity contribution is -0.182. The van der Waals surface area contributed by atoms with Gasteiger partial charge in [0.15, 0.2) is 0 Å². The third-order valence-electron chi connectivity index (χ3n) is 8.14. The summed E-state index contributed by atoms with van der Waals surface area (Å²) in [5.74, 6) is 0.975. The van der Waals surface area contributed by atoms with E-state index in [1.807, 2.05) is 19.1 Å². The molecule has 3 heterocycles. The Morgan fingerprint density at radius 1 is 1.00 bits per heavy atom. The number of para-hydroxylation sites is 1. The van der Waals surface area contributed by atoms with Crippen LogP contribution in [-0.4, -0.2) is 85.4 Å². The van der Waals surface area contributed by atoms with Crippen molar-refractivity contribution in [1.82, 2.24) is 19.8 Å². The number of hydrogen-bond acceptors (Lipinski definition) is 8. The van der Waals surface area contributed by atoms with E-state index in [1.165, 1.54) is 24.4 Å². The Hall–Kier alpha value is -3.16. The second-order valence-corrected chi connectivity index (χ2v) is 11.9. The number of nitrogens with one attached hydrogen (secondary N) is 2. The highest BCUT2D eigenvalue weighted by Crippen LogP contribution is 2.41. The van der Waals surface area contributed by atoms with Gasteiger partial charge in [0.1, 0.15) is 11.6 Å². The average Bonchev–Trinajstić information content (AvgIpc) is 2.99. The van der Waals surface area contributed by atoms with Gasteiger partial charge in [0.05, 0.1) is 17.3 Å². The summed E-state index contributed by atoms with van der Waals surface area (Å²) in [6, 6.07) is 9.95. The topological polar surface area (TPSA) is 68.8 Å². The normalized spacial score (nSPS) is 18.0. The second kappa shape index (κ2) is 13.2. The highest BCUT2D eigenvalue weighted by atomic mass is 79.9. The number of piperidine rings is 1. The molecule has 2 aliphatic heterocycles. The van der Waals surface area contributed by atoms with Gasteiger partial charge in [0, 0.05) is 74.5 Å². The quantitative estimate of drug-likeness (QED) is 0.254. The zero-order chi connectivity index (χ0) is 30.7. The molecule has 3 aromatic rings. The van der Waals surface area contributed by atoms with Crippen molar-refractivity contribution in [3.63, 3.8) is 0 Å². The fourth-order valence-corrected chi connectivity index (χ4v) is 6.00. The molecule has 2 aromatic carbocycles. The van der Waals surface area contributed by atoms with E-state index in [2.05, 4.69) is 58.3 Å². The number of aryl methyl sites for hydroxylation is 1. The van der Waals surface area contributed by atoms with E-state index >= 15 is 0 Å². The van der Waals surface area contributed by atoms with Crippen molar-refractivity contribution >= 4 is 44.8 Å². The molecule has 5 rings (SSSR count). The van der Waals surface area contributed by atoms with Gasteiger partial charge < -0.3 is 25.2 Å². The molecule has 1 atom stereocenters. The van der Waals surface area contributed by atoms with Gasteiger partial charge >= 0.3 is 6.18 Å². The number of likely N-dealkylation sites (N-methyl/N-ethyl adjacent to an activating group) is 1. The van der Waals surface area contributed by atoms with Crippen LogP contribution in [0.2, 0.25) is 0 Å². The number of hydrogen-bond donors (Lipinski definition) is 2. The van der Waals surface area contributed by atoms with Gasteiger partial charge in [-0.1, -0.05) is 18.2 Å². The molecule has 0 amide bonds. The van der Waals surface area contributed by atoms with Gasteiger partial charge in [0.25, 0.3) is 0 Å². The Labute approximate surface area is 257 Å². The van der Waals surface area contributed by atoms with Crippen LogP contribution >= 0.6 is 15.9 Å². The highest BCUT2D eigenvalue weighted by Gasteiger charge is 2.42. The lowest BCUT2D eigenvalue weighted by Gasteiger charge is -2.43. The molecular formula is C30H36BrF4N7O. The fraction of sp³-hybridized carbons (Fsp3) is 0.467. The van der Waals surface area contributed by atoms with Crippen molar-refractivity contribution in [3.05, 3.63) is 58.2 Å². The van der Waals surface area contributed by atoms with E-state index in [9.17, 15) is 17.6 Å². The van der Waals surface area contributed by atoms with E-state index in [-0.39, 0.29) is 17.5 Å². The maximum Gasteiger partial charge on any atom is 0.424 e. The summed E-state index contributed by atoms with van der Waals surface area (Å²) in [5, 5.41) is 5.99. The van der Waals surface area contributed by atoms with Crippen molar-refractivity contribution in [2.45, 2.75) is 38.2 Å². The minimum Gasteiger partial charge on any atom is -0.494 e. The van der Waals surface area contributed by atoms with Crippen molar-refractivity contribution in [2.75, 3.05) is 69.0 Å². The van der Waals surface area contributed by atoms with Gasteiger partial charge in [-0.3, -0.25) is 4.90 Å². The number of ether oxygens (including phenoxy) is 1. The summed E-state index contributed by atoms with van der Waals surface area (Å²) in [7, 11) is 3.77. The number of benzene rings is 2. The first-order valence-electron chi connectivity index (χ1n) is 14.3. The zero-order valence-electron chi connectivity index (χ0n) is 24.4. The Bertz CT molecular complexity index is 1410. The van der Waals surface area contributed by atoms with Crippen LogP contribution in [-0.2, 0) is 0 Å². The lowest BCUT2D eigenvalue weighted by atomic mass is 10.0. The van der Waals surface area contributed by atoms with Crippen LogP contribution in [0.4, 0.5) is 46.4 Å². The molecule has 1 unspecified atom stereocenters. The van der Waals surface area contributed by atoms with Crippen molar-refractivity contribution in [3.8, 4) is 5.75 Å². The number of alkyl halides is 4. The van der Waals surface area contributed by atoms with Crippen molar-refractivity contribution in [1.29, 1.82) is 0 Å². The molecule has 13 heteroatoms. The number of piperazine rings is 1. The molecule has 43 heavy (non-hydrogen) atoms. The molecule has 0 spiro atoms. The Kier molecular flexibility index (Phi) is 9.62. The molecule has 2 N–H and O–H groups in total. The van der Waals surface area contributed by atoms with Crippen LogP contribution in [0.25, 0.3) is 0 Å². The lowest BCUT2D eigenvalue weighted by Crippen LogP contribution is -2.52. The molecule has 8 nitrogen and oxygen atoms in total. The van der Waals surface area contributed by atoms with Crippen molar-refractivity contribution in [2.24, 2.45) is 0 Å². The number of methoxy groups -OCH3 is 1. The standard InChI is InChI=1S/C30H36BrF4N7O/c1-19-16-24(26(43-3)17-25(19)42-10-8-20(9-11-42)41-14-12-40(2)13-15-41)38-29-36-18-22(31)28(39-29)37-23-7-5-4-6-21(23)27(32)30(33,34)35/h4-7,16-18,20,27H,8-15H2,1-3H3,(H2,36,37,38,39). The van der Waals surface area contributed by atoms with Crippen molar-refractivity contribution < 1.29 is 22.3 Å². The number of anilines is 5. The fourth-order valence-electron chi connectivity index (χ4n) is 5.71. The first-order valence-corrected chi connectivity index (χ1v) is 15.0. The summed E-state index contributed by atoms with van der Waals surface area (Å²) in [6.45, 7) is 8.47. The van der Waals surface area contributed by atoms with E-state index in [0.717, 1.165) is 69.4 Å². The van der Waals surface area contributed by atoms with E-state index in [4.69, 9.17) is 4.74 Å². The Morgan fingerprint density at radius 3 is 2.37 bits per heavy atom. The maximum absolute atomic E-state index is 14.2. The molecular weight excluding hydrogens is 630 g/mol. The molecule has 232 valence electrons. The van der Waals surface area contributed by atoms with Crippen LogP contribution in [0.15, 0.2) is 47.1 Å². The van der Waals surface area contributed by atoms with Gasteiger partial charge in [-0.25, -0.2) is 9.37 Å². The summed E-state index contributed by atoms with van der Waals surface area (Å²) >= 11 is 3.33. The maximum atomic E-state index is 14.2. The molecule has 2 aliphatic rings. The van der Waals surface area contributed by atoms with Crippen LogP contribution < -0.4 is 20.3 Å². The Balaban J connectivity index is 1.30. The predicted molar refractivity (Wildman–Crippen MR) is 165 cm³/mol. The van der Waals surface area contributed by atoms with Gasteiger partial charge in [-0.05, 0) is 60.4 Å². The first-order chi connectivity index (χ1) is 20.5. The molecule has 1 aromatic heterocycles. The number of halogens is 5. The number of rotatable bonds is 8. The van der Waals surface area contributed by atoms with Gasteiger partial charge in [0.2, 0.25) is 12.1 Å². The first kappa shape index (κ1) is 31.3. The summed E-state index contributed by atoms with van der Waals surface area (Å²) < 4.78 is 59.7. The predicted octanol–water partition coefficient (Wildman–Crippen LogP) is 6.83. The summed E-state index contributed by atoms with van der Waals surface area (Å²) in [5.41, 5.74) is 2.24. The molecule has 0 bridgehead atoms. The molecule has 0 radical (unpaired) electrons. The van der Waals surface area contributed by atoms with E-state index in [1.54, 1.807) is 7.11 Å². The van der Waals surface area contributed by atoms with Crippen LogP contribution in [0, 0.1) is 6.92 Å². The number of nitrogens with zero attached hydrogens (tertiary/aromatic N) is 5. The molecule has 0 saturated carbocycles. The molecule has 2 saturated heterocycles. The molecule has 0 aliphatic carbocycles. The second-order valence-electron chi connectivity index (χ2n) is 11.0. The number of aromatic nitrogens is 2. The largest absolute Gasteiger partial charge is 0.494 e. The summed E-state index contributed by atoms with van der Waals surface area (Å²) in [6.07, 6.45) is -4.48. The minimum atomic E-state index is -5.03. The summed E-state index contributed by atoms with van der Waals surface area (Å²) in [4.78, 5) is 16.2. The Morgan fingerprint density at radius 2 is 1.70 bits per heavy atom. The third kappa shape index (κ3) is 7.32. The van der Waals surface area contributed by atoms with Crippen LogP contribution in [0.3, 0.4) is 0 Å². The SMILES string of the molecule is COc1cc(N2CCC(N3CCN(C)CC3)CC2)c(C)cc1Nc1ncc(Br)c(Nc2ccccc2C(F)C(F)(F)F)n1. The third-order valence-corrected chi connectivity index (χ3v) is 8.72. The highest BCUT2D eigenvalue weighted by molar-refractivity contribution is 9.10. The van der Waals surface area contributed by atoms with E-state index in [0.29, 0.717) is 22.0 Å². The van der Waals surface area contributed by atoms with Gasteiger partial charge in [-0.15, -0.1) is 0 Å². The monoisotopic (exact) mass is 665 g/mol. The van der Waals surface area contributed by atoms with Crippen LogP contribution in [0.1, 0.15) is 30.1 Å². The smallest absolute Gasteiger partial charge is 0.424 e. The van der Waals surface area contributed by atoms with Crippen LogP contribution in [0.5, 0.6) is 5.75 Å². The van der Waals surface area contributed by atoms with E-state index < -0.39 is 17.9 Å². The minimum absolute atomic E-state index is 0.0492. The average molecular weight is 667 g/mol. The van der Waals surface area contributed by atoms with Gasteiger partial charge in [-0.2, -0.15) is 18.2 Å². The molecule has 2 fully saturated rings. The zero-order valence-corrected chi connectivity index (χ0v) is 26.0.